The monoisotopic (exact) mass is 711 g/mol. The van der Waals surface area contributed by atoms with Crippen LogP contribution in [0.4, 0.5) is 45.5 Å². The minimum Gasteiger partial charge on any atom is -0.399 e. The predicted molar refractivity (Wildman–Crippen MR) is 189 cm³/mol. The number of anilines is 4. The maximum absolute atomic E-state index is 13.5. The number of benzene rings is 5. The molecule has 0 heterocycles. The standard InChI is InChI=1S/C32H25N9O7S2/c33-17-1-3-18(4-2-17)38-41-28-16-29(50(46,47)48)23-11-13-27(32(42)30(23)31(28)35)40-37-20-7-5-19(6-8-20)36-39-26-14-12-25(34)24-15-21(49(43,44)45)9-10-22(24)26/h1-16,37H,33-35H2,(H,43,44,45)(H,46,47,48). The van der Waals surface area contributed by atoms with E-state index in [-0.39, 0.29) is 38.8 Å². The van der Waals surface area contributed by atoms with Crippen LogP contribution in [0.2, 0.25) is 0 Å². The molecule has 0 fully saturated rings. The number of nitrogens with zero attached hydrogens (tertiary/aromatic N) is 5. The molecule has 0 radical (unpaired) electrons. The SMILES string of the molecule is Nc1ccc(N=Nc2cc(S(=O)(=O)O)c3c(c2N)C(=O)C(=NNc2ccc(N=Nc4ccc(N)c5cc(S(=O)(=O)O)ccc45)cc2)C=C3)cc1. The van der Waals surface area contributed by atoms with Crippen molar-refractivity contribution in [2.24, 2.45) is 25.6 Å². The van der Waals surface area contributed by atoms with Gasteiger partial charge in [-0.15, -0.1) is 10.2 Å². The summed E-state index contributed by atoms with van der Waals surface area (Å²) in [7, 11) is -9.23. The minimum absolute atomic E-state index is 0.116. The van der Waals surface area contributed by atoms with Gasteiger partial charge in [0.1, 0.15) is 16.3 Å². The quantitative estimate of drug-likeness (QED) is 0.0432. The lowest BCUT2D eigenvalue weighted by molar-refractivity contribution is 0.106. The van der Waals surface area contributed by atoms with Gasteiger partial charge in [-0.25, -0.2) is 0 Å². The lowest BCUT2D eigenvalue weighted by atomic mass is 9.92. The van der Waals surface area contributed by atoms with E-state index in [1.165, 1.54) is 30.4 Å². The molecule has 50 heavy (non-hydrogen) atoms. The van der Waals surface area contributed by atoms with Crippen molar-refractivity contribution in [2.45, 2.75) is 9.79 Å². The van der Waals surface area contributed by atoms with Crippen molar-refractivity contribution >= 4 is 94.1 Å². The summed E-state index contributed by atoms with van der Waals surface area (Å²) in [6, 6.07) is 20.9. The highest BCUT2D eigenvalue weighted by Crippen LogP contribution is 2.38. The Labute approximate surface area is 284 Å². The number of nitrogens with one attached hydrogen (secondary N) is 1. The summed E-state index contributed by atoms with van der Waals surface area (Å²) >= 11 is 0. The molecule has 0 spiro atoms. The molecule has 1 aliphatic carbocycles. The van der Waals surface area contributed by atoms with Crippen LogP contribution in [0.25, 0.3) is 16.8 Å². The van der Waals surface area contributed by atoms with Gasteiger partial charge in [-0.05, 0) is 84.9 Å². The van der Waals surface area contributed by atoms with Crippen LogP contribution in [0.5, 0.6) is 0 Å². The number of Topliss-reactive ketones (excluding diaryl/α,β-unsaturated/α-hetero) is 1. The second-order valence-electron chi connectivity index (χ2n) is 10.7. The fraction of sp³-hybridized carbons (Fsp3) is 0. The third-order valence-corrected chi connectivity index (χ3v) is 9.15. The molecule has 0 saturated carbocycles. The van der Waals surface area contributed by atoms with E-state index in [4.69, 9.17) is 17.2 Å². The number of hydrogen-bond acceptors (Lipinski definition) is 14. The third kappa shape index (κ3) is 6.93. The summed E-state index contributed by atoms with van der Waals surface area (Å²) in [6.07, 6.45) is 2.57. The number of hydrazone groups is 1. The molecule has 0 amide bonds. The van der Waals surface area contributed by atoms with Crippen molar-refractivity contribution < 1.29 is 30.7 Å². The lowest BCUT2D eigenvalue weighted by Crippen LogP contribution is -2.21. The summed E-state index contributed by atoms with van der Waals surface area (Å²) in [4.78, 5) is 12.6. The summed E-state index contributed by atoms with van der Waals surface area (Å²) in [5, 5.41) is 21.6. The molecule has 0 unspecified atom stereocenters. The van der Waals surface area contributed by atoms with E-state index in [9.17, 15) is 30.7 Å². The Morgan fingerprint density at radius 3 is 1.92 bits per heavy atom. The summed E-state index contributed by atoms with van der Waals surface area (Å²) in [5.74, 6) is -0.730. The van der Waals surface area contributed by atoms with Gasteiger partial charge in [-0.3, -0.25) is 19.3 Å². The molecule has 5 aromatic carbocycles. The predicted octanol–water partition coefficient (Wildman–Crippen LogP) is 6.59. The number of hydrogen-bond donors (Lipinski definition) is 6. The second kappa shape index (κ2) is 12.9. The Balaban J connectivity index is 1.23. The van der Waals surface area contributed by atoms with Gasteiger partial charge in [0.2, 0.25) is 5.78 Å². The van der Waals surface area contributed by atoms with Crippen molar-refractivity contribution in [3.05, 3.63) is 102 Å². The number of allylic oxidation sites excluding steroid dienone is 1. The minimum atomic E-state index is -4.80. The molecule has 18 heteroatoms. The molecule has 1 aliphatic rings. The van der Waals surface area contributed by atoms with Crippen LogP contribution in [0, 0.1) is 0 Å². The molecular weight excluding hydrogens is 687 g/mol. The smallest absolute Gasteiger partial charge is 0.295 e. The normalized spacial score (nSPS) is 14.2. The van der Waals surface area contributed by atoms with Crippen molar-refractivity contribution in [2.75, 3.05) is 22.6 Å². The van der Waals surface area contributed by atoms with Crippen molar-refractivity contribution in [3.8, 4) is 0 Å². The van der Waals surface area contributed by atoms with Crippen LogP contribution in [-0.2, 0) is 20.2 Å². The van der Waals surface area contributed by atoms with Gasteiger partial charge >= 0.3 is 0 Å². The highest BCUT2D eigenvalue weighted by atomic mass is 32.2. The maximum atomic E-state index is 13.5. The number of nitrogens with two attached hydrogens (primary N) is 3. The van der Waals surface area contributed by atoms with Gasteiger partial charge in [-0.2, -0.15) is 32.2 Å². The molecule has 0 saturated heterocycles. The van der Waals surface area contributed by atoms with Crippen LogP contribution in [0.3, 0.4) is 0 Å². The molecular formula is C32H25N9O7S2. The van der Waals surface area contributed by atoms with E-state index >= 15 is 0 Å². The number of rotatable bonds is 8. The zero-order valence-corrected chi connectivity index (χ0v) is 27.1. The van der Waals surface area contributed by atoms with E-state index in [2.05, 4.69) is 31.0 Å². The fourth-order valence-corrected chi connectivity index (χ4v) is 6.12. The van der Waals surface area contributed by atoms with Gasteiger partial charge in [0.05, 0.1) is 38.9 Å². The zero-order chi connectivity index (χ0) is 35.8. The van der Waals surface area contributed by atoms with E-state index < -0.39 is 30.9 Å². The molecule has 6 rings (SSSR count). The number of carbonyl (C=O) groups is 1. The van der Waals surface area contributed by atoms with Crippen LogP contribution >= 0.6 is 0 Å². The van der Waals surface area contributed by atoms with Gasteiger partial charge in [0, 0.05) is 27.7 Å². The van der Waals surface area contributed by atoms with E-state index in [0.717, 1.165) is 6.07 Å². The molecule has 0 bridgehead atoms. The summed E-state index contributed by atoms with van der Waals surface area (Å²) in [6.45, 7) is 0. The van der Waals surface area contributed by atoms with Crippen molar-refractivity contribution in [3.63, 3.8) is 0 Å². The Morgan fingerprint density at radius 2 is 1.28 bits per heavy atom. The second-order valence-corrected chi connectivity index (χ2v) is 13.5. The Kier molecular flexibility index (Phi) is 8.68. The Bertz CT molecular complexity index is 2550. The molecule has 16 nitrogen and oxygen atoms in total. The first-order valence-corrected chi connectivity index (χ1v) is 17.2. The van der Waals surface area contributed by atoms with Crippen molar-refractivity contribution in [1.82, 2.24) is 0 Å². The van der Waals surface area contributed by atoms with Gasteiger partial charge in [0.15, 0.2) is 0 Å². The average molecular weight is 712 g/mol. The Hall–Kier alpha value is -6.34. The molecule has 0 atom stereocenters. The average Bonchev–Trinajstić information content (AvgIpc) is 3.07. The highest BCUT2D eigenvalue weighted by Gasteiger charge is 2.30. The highest BCUT2D eigenvalue weighted by molar-refractivity contribution is 7.86. The molecule has 252 valence electrons. The molecule has 0 aromatic heterocycles. The van der Waals surface area contributed by atoms with Crippen LogP contribution in [0.1, 0.15) is 15.9 Å². The maximum Gasteiger partial charge on any atom is 0.295 e. The van der Waals surface area contributed by atoms with Crippen LogP contribution < -0.4 is 22.6 Å². The first-order chi connectivity index (χ1) is 23.7. The summed E-state index contributed by atoms with van der Waals surface area (Å²) < 4.78 is 66.9. The van der Waals surface area contributed by atoms with E-state index in [1.807, 2.05) is 0 Å². The van der Waals surface area contributed by atoms with Gasteiger partial charge in [0.25, 0.3) is 20.2 Å². The molecule has 0 aliphatic heterocycles. The molecule has 9 N–H and O–H groups in total. The summed E-state index contributed by atoms with van der Waals surface area (Å²) in [5.41, 5.74) is 22.4. The number of azo groups is 2. The first-order valence-electron chi connectivity index (χ1n) is 14.3. The number of ketones is 1. The lowest BCUT2D eigenvalue weighted by Gasteiger charge is -2.17. The van der Waals surface area contributed by atoms with Crippen LogP contribution in [-0.4, -0.2) is 37.4 Å². The van der Waals surface area contributed by atoms with Gasteiger partial charge in [-0.1, -0.05) is 12.1 Å². The van der Waals surface area contributed by atoms with Crippen LogP contribution in [0.15, 0.2) is 126 Å². The fourth-order valence-electron chi connectivity index (χ4n) is 4.91. The molecule has 5 aromatic rings. The third-order valence-electron chi connectivity index (χ3n) is 7.40. The van der Waals surface area contributed by atoms with E-state index in [1.54, 1.807) is 60.7 Å². The zero-order valence-electron chi connectivity index (χ0n) is 25.5. The first kappa shape index (κ1) is 33.6. The van der Waals surface area contributed by atoms with Crippen molar-refractivity contribution in [1.29, 1.82) is 0 Å². The van der Waals surface area contributed by atoms with Gasteiger partial charge < -0.3 is 17.2 Å². The number of fused-ring (bicyclic) bond motifs is 2. The number of nitrogen functional groups attached to an aromatic ring is 3. The Morgan fingerprint density at radius 1 is 0.640 bits per heavy atom. The number of carbonyl (C=O) groups excluding carboxylic acids is 1. The topological polar surface area (TPSA) is 278 Å². The van der Waals surface area contributed by atoms with E-state index in [0.29, 0.717) is 39.2 Å². The largest absolute Gasteiger partial charge is 0.399 e.